The maximum Gasteiger partial charge on any atom is 0.264 e. The van der Waals surface area contributed by atoms with Gasteiger partial charge in [-0.1, -0.05) is 86.0 Å². The smallest absolute Gasteiger partial charge is 0.264 e. The lowest BCUT2D eigenvalue weighted by molar-refractivity contribution is -0.139. The molecule has 0 saturated heterocycles. The SMILES string of the molecule is CCCCNC(=O)[C@@H](CC)N(CCc1ccccc1)C(=O)CN(c1cc(Cl)ccc1C)S(=O)(=O)c1ccc(C)cc1. The maximum atomic E-state index is 14.1. The number of nitrogens with zero attached hydrogens (tertiary/aromatic N) is 2. The lowest BCUT2D eigenvalue weighted by Gasteiger charge is -2.33. The summed E-state index contributed by atoms with van der Waals surface area (Å²) in [5.41, 5.74) is 2.90. The molecule has 0 bridgehead atoms. The molecule has 7 nitrogen and oxygen atoms in total. The molecule has 0 unspecified atom stereocenters. The Kier molecular flexibility index (Phi) is 11.8. The third-order valence-corrected chi connectivity index (χ3v) is 9.04. The lowest BCUT2D eigenvalue weighted by Crippen LogP contribution is -2.53. The van der Waals surface area contributed by atoms with Gasteiger partial charge in [-0.25, -0.2) is 8.42 Å². The number of hydrogen-bond donors (Lipinski definition) is 1. The number of sulfonamides is 1. The zero-order chi connectivity index (χ0) is 30.0. The minimum Gasteiger partial charge on any atom is -0.354 e. The molecule has 0 aliphatic rings. The summed E-state index contributed by atoms with van der Waals surface area (Å²) in [5.74, 6) is -0.706. The number of carbonyl (C=O) groups is 2. The first-order valence-corrected chi connectivity index (χ1v) is 15.9. The number of hydrogen-bond acceptors (Lipinski definition) is 4. The van der Waals surface area contributed by atoms with Crippen LogP contribution in [0.25, 0.3) is 0 Å². The van der Waals surface area contributed by atoms with Gasteiger partial charge in [0.25, 0.3) is 10.0 Å². The van der Waals surface area contributed by atoms with Crippen LogP contribution in [0.1, 0.15) is 49.8 Å². The van der Waals surface area contributed by atoms with Crippen molar-refractivity contribution in [3.8, 4) is 0 Å². The normalized spacial score (nSPS) is 12.0. The number of aryl methyl sites for hydroxylation is 2. The van der Waals surface area contributed by atoms with Crippen LogP contribution in [0.2, 0.25) is 5.02 Å². The number of amides is 2. The highest BCUT2D eigenvalue weighted by Crippen LogP contribution is 2.30. The molecule has 0 radical (unpaired) electrons. The van der Waals surface area contributed by atoms with E-state index < -0.39 is 28.5 Å². The predicted octanol–water partition coefficient (Wildman–Crippen LogP) is 5.92. The van der Waals surface area contributed by atoms with E-state index >= 15 is 0 Å². The van der Waals surface area contributed by atoms with Gasteiger partial charge in [0.05, 0.1) is 10.6 Å². The van der Waals surface area contributed by atoms with Crippen molar-refractivity contribution in [3.63, 3.8) is 0 Å². The van der Waals surface area contributed by atoms with Crippen molar-refractivity contribution in [3.05, 3.63) is 94.5 Å². The summed E-state index contributed by atoms with van der Waals surface area (Å²) in [5, 5.41) is 3.30. The second-order valence-electron chi connectivity index (χ2n) is 10.1. The van der Waals surface area contributed by atoms with E-state index in [-0.39, 0.29) is 17.3 Å². The van der Waals surface area contributed by atoms with Crippen molar-refractivity contribution in [2.75, 3.05) is 23.9 Å². The van der Waals surface area contributed by atoms with E-state index in [4.69, 9.17) is 11.6 Å². The number of carbonyl (C=O) groups excluding carboxylic acids is 2. The molecular formula is C32H40ClN3O4S. The van der Waals surface area contributed by atoms with Crippen molar-refractivity contribution >= 4 is 39.1 Å². The van der Waals surface area contributed by atoms with Crippen molar-refractivity contribution in [2.45, 2.75) is 64.3 Å². The fraction of sp³-hybridized carbons (Fsp3) is 0.375. The summed E-state index contributed by atoms with van der Waals surface area (Å²) >= 11 is 6.30. The van der Waals surface area contributed by atoms with Gasteiger partial charge in [0.1, 0.15) is 12.6 Å². The highest BCUT2D eigenvalue weighted by Gasteiger charge is 2.34. The number of halogens is 1. The van der Waals surface area contributed by atoms with E-state index in [1.807, 2.05) is 51.1 Å². The molecule has 3 aromatic rings. The Morgan fingerprint density at radius 2 is 1.63 bits per heavy atom. The summed E-state index contributed by atoms with van der Waals surface area (Å²) in [7, 11) is -4.15. The first-order valence-electron chi connectivity index (χ1n) is 14.0. The van der Waals surface area contributed by atoms with E-state index in [0.717, 1.165) is 28.3 Å². The molecule has 220 valence electrons. The third-order valence-electron chi connectivity index (χ3n) is 7.03. The Morgan fingerprint density at radius 3 is 2.27 bits per heavy atom. The molecule has 0 aromatic heterocycles. The standard InChI is InChI=1S/C32H40ClN3O4S/c1-5-7-20-34-32(38)29(6-2)35(21-19-26-11-9-8-10-12-26)31(37)23-36(30-22-27(33)16-15-25(30)4)41(39,40)28-17-13-24(3)14-18-28/h8-18,22,29H,5-7,19-21,23H2,1-4H3,(H,34,38)/t29-/m1/s1. The number of nitrogens with one attached hydrogen (secondary N) is 1. The predicted molar refractivity (Wildman–Crippen MR) is 166 cm³/mol. The third kappa shape index (κ3) is 8.57. The van der Waals surface area contributed by atoms with Gasteiger partial charge in [-0.3, -0.25) is 13.9 Å². The van der Waals surface area contributed by atoms with Crippen LogP contribution in [0.4, 0.5) is 5.69 Å². The van der Waals surface area contributed by atoms with Crippen molar-refractivity contribution in [1.29, 1.82) is 0 Å². The second kappa shape index (κ2) is 15.0. The summed E-state index contributed by atoms with van der Waals surface area (Å²) in [6.45, 7) is 7.84. The summed E-state index contributed by atoms with van der Waals surface area (Å²) in [6, 6.07) is 20.4. The molecule has 0 aliphatic carbocycles. The molecule has 0 spiro atoms. The Balaban J connectivity index is 2.02. The van der Waals surface area contributed by atoms with Crippen LogP contribution >= 0.6 is 11.6 Å². The van der Waals surface area contributed by atoms with Crippen molar-refractivity contribution in [2.24, 2.45) is 0 Å². The first kappa shape index (κ1) is 32.2. The van der Waals surface area contributed by atoms with Crippen LogP contribution in [-0.4, -0.2) is 50.8 Å². The highest BCUT2D eigenvalue weighted by molar-refractivity contribution is 7.92. The Bertz CT molecular complexity index is 1410. The van der Waals surface area contributed by atoms with E-state index in [2.05, 4.69) is 5.32 Å². The van der Waals surface area contributed by atoms with Gasteiger partial charge in [-0.15, -0.1) is 0 Å². The zero-order valence-electron chi connectivity index (χ0n) is 24.3. The number of benzene rings is 3. The summed E-state index contributed by atoms with van der Waals surface area (Å²) < 4.78 is 29.2. The van der Waals surface area contributed by atoms with Crippen molar-refractivity contribution in [1.82, 2.24) is 10.2 Å². The monoisotopic (exact) mass is 597 g/mol. The van der Waals surface area contributed by atoms with E-state index in [0.29, 0.717) is 35.7 Å². The average molecular weight is 598 g/mol. The van der Waals surface area contributed by atoms with Gasteiger partial charge in [-0.2, -0.15) is 0 Å². The van der Waals surface area contributed by atoms with Gasteiger partial charge in [0, 0.05) is 18.1 Å². The Hall–Kier alpha value is -3.36. The minimum atomic E-state index is -4.15. The van der Waals surface area contributed by atoms with E-state index in [1.165, 1.54) is 17.0 Å². The van der Waals surface area contributed by atoms with E-state index in [9.17, 15) is 18.0 Å². The molecule has 0 fully saturated rings. The molecule has 0 saturated carbocycles. The zero-order valence-corrected chi connectivity index (χ0v) is 25.8. The largest absolute Gasteiger partial charge is 0.354 e. The van der Waals surface area contributed by atoms with Crippen LogP contribution in [0, 0.1) is 13.8 Å². The molecule has 0 heterocycles. The molecule has 41 heavy (non-hydrogen) atoms. The molecule has 2 amide bonds. The summed E-state index contributed by atoms with van der Waals surface area (Å²) in [4.78, 5) is 29.0. The number of anilines is 1. The topological polar surface area (TPSA) is 86.8 Å². The first-order chi connectivity index (χ1) is 19.6. The fourth-order valence-corrected chi connectivity index (χ4v) is 6.24. The Labute approximate surface area is 249 Å². The van der Waals surface area contributed by atoms with Gasteiger partial charge in [0.2, 0.25) is 11.8 Å². The molecule has 1 N–H and O–H groups in total. The fourth-order valence-electron chi connectivity index (χ4n) is 4.60. The van der Waals surface area contributed by atoms with Crippen LogP contribution in [0.5, 0.6) is 0 Å². The molecule has 3 aromatic carbocycles. The molecule has 3 rings (SSSR count). The number of unbranched alkanes of at least 4 members (excludes halogenated alkanes) is 1. The molecule has 9 heteroatoms. The average Bonchev–Trinajstić information content (AvgIpc) is 2.96. The molecule has 1 atom stereocenters. The minimum absolute atomic E-state index is 0.0652. The molecular weight excluding hydrogens is 558 g/mol. The second-order valence-corrected chi connectivity index (χ2v) is 12.4. The number of rotatable bonds is 14. The van der Waals surface area contributed by atoms with E-state index in [1.54, 1.807) is 37.3 Å². The van der Waals surface area contributed by atoms with Gasteiger partial charge >= 0.3 is 0 Å². The summed E-state index contributed by atoms with van der Waals surface area (Å²) in [6.07, 6.45) is 2.67. The lowest BCUT2D eigenvalue weighted by atomic mass is 10.1. The van der Waals surface area contributed by atoms with Crippen LogP contribution in [0.3, 0.4) is 0 Å². The van der Waals surface area contributed by atoms with Gasteiger partial charge in [-0.05, 0) is 68.5 Å². The highest BCUT2D eigenvalue weighted by atomic mass is 35.5. The quantitative estimate of drug-likeness (QED) is 0.234. The van der Waals surface area contributed by atoms with Crippen LogP contribution < -0.4 is 9.62 Å². The molecule has 0 aliphatic heterocycles. The van der Waals surface area contributed by atoms with Crippen molar-refractivity contribution < 1.29 is 18.0 Å². The van der Waals surface area contributed by atoms with Crippen LogP contribution in [-0.2, 0) is 26.0 Å². The van der Waals surface area contributed by atoms with Gasteiger partial charge in [0.15, 0.2) is 0 Å². The van der Waals surface area contributed by atoms with Crippen LogP contribution in [0.15, 0.2) is 77.7 Å². The Morgan fingerprint density at radius 1 is 0.951 bits per heavy atom. The maximum absolute atomic E-state index is 14.1. The van der Waals surface area contributed by atoms with Gasteiger partial charge < -0.3 is 10.2 Å².